The fourth-order valence-electron chi connectivity index (χ4n) is 2.75. The third kappa shape index (κ3) is 5.61. The molecule has 1 heterocycles. The predicted octanol–water partition coefficient (Wildman–Crippen LogP) is 5.24. The number of rotatable bonds is 8. The number of carbonyl (C=O) groups is 3. The highest BCUT2D eigenvalue weighted by atomic mass is 32.2. The van der Waals surface area contributed by atoms with Crippen LogP contribution in [0.15, 0.2) is 76.2 Å². The van der Waals surface area contributed by atoms with Gasteiger partial charge in [0, 0.05) is 21.8 Å². The molecule has 1 atom stereocenters. The number of nitrogens with one attached hydrogen (secondary N) is 2. The van der Waals surface area contributed by atoms with E-state index in [4.69, 9.17) is 4.42 Å². The summed E-state index contributed by atoms with van der Waals surface area (Å²) < 4.78 is 5.10. The van der Waals surface area contributed by atoms with Crippen LogP contribution in [0.2, 0.25) is 0 Å². The molecule has 1 unspecified atom stereocenters. The zero-order valence-corrected chi connectivity index (χ0v) is 17.5. The molecule has 6 nitrogen and oxygen atoms in total. The summed E-state index contributed by atoms with van der Waals surface area (Å²) in [5.41, 5.74) is 1.86. The molecule has 0 bridgehead atoms. The maximum Gasteiger partial charge on any atom is 0.291 e. The first-order valence-corrected chi connectivity index (χ1v) is 10.4. The van der Waals surface area contributed by atoms with Crippen LogP contribution in [0.3, 0.4) is 0 Å². The topological polar surface area (TPSA) is 88.4 Å². The van der Waals surface area contributed by atoms with Crippen LogP contribution in [0, 0.1) is 0 Å². The second kappa shape index (κ2) is 9.93. The quantitative estimate of drug-likeness (QED) is 0.383. The van der Waals surface area contributed by atoms with Gasteiger partial charge in [0.1, 0.15) is 0 Å². The van der Waals surface area contributed by atoms with Gasteiger partial charge in [-0.1, -0.05) is 13.0 Å². The van der Waals surface area contributed by atoms with E-state index in [2.05, 4.69) is 10.6 Å². The molecule has 30 heavy (non-hydrogen) atoms. The molecule has 0 aliphatic heterocycles. The zero-order valence-electron chi connectivity index (χ0n) is 16.7. The fraction of sp³-hybridized carbons (Fsp3) is 0.174. The highest BCUT2D eigenvalue weighted by Gasteiger charge is 2.19. The lowest BCUT2D eigenvalue weighted by Gasteiger charge is -2.15. The molecule has 3 rings (SSSR count). The first kappa shape index (κ1) is 21.4. The Morgan fingerprint density at radius 2 is 1.73 bits per heavy atom. The Bertz CT molecular complexity index is 1030. The molecule has 0 aliphatic carbocycles. The van der Waals surface area contributed by atoms with E-state index in [1.165, 1.54) is 24.9 Å². The van der Waals surface area contributed by atoms with Crippen molar-refractivity contribution in [2.75, 3.05) is 10.6 Å². The number of anilines is 2. The summed E-state index contributed by atoms with van der Waals surface area (Å²) in [6.07, 6.45) is 2.07. The number of Topliss-reactive ketones (excluding diaryl/α,β-unsaturated/α-hetero) is 1. The summed E-state index contributed by atoms with van der Waals surface area (Å²) in [5, 5.41) is 5.37. The van der Waals surface area contributed by atoms with Gasteiger partial charge in [0.15, 0.2) is 11.5 Å². The first-order chi connectivity index (χ1) is 14.5. The summed E-state index contributed by atoms with van der Waals surface area (Å²) in [6, 6.07) is 17.4. The Morgan fingerprint density at radius 3 is 2.37 bits per heavy atom. The van der Waals surface area contributed by atoms with Crippen molar-refractivity contribution in [3.8, 4) is 0 Å². The second-order valence-corrected chi connectivity index (χ2v) is 7.87. The third-order valence-electron chi connectivity index (χ3n) is 4.34. The number of carbonyl (C=O) groups excluding carboxylic acids is 3. The van der Waals surface area contributed by atoms with Crippen LogP contribution < -0.4 is 10.6 Å². The number of amides is 2. The Labute approximate surface area is 179 Å². The van der Waals surface area contributed by atoms with Gasteiger partial charge in [-0.2, -0.15) is 0 Å². The minimum atomic E-state index is -0.332. The fourth-order valence-corrected chi connectivity index (χ4v) is 3.76. The molecule has 2 N–H and O–H groups in total. The molecule has 0 spiro atoms. The van der Waals surface area contributed by atoms with Gasteiger partial charge in [0.2, 0.25) is 5.91 Å². The van der Waals surface area contributed by atoms with Crippen LogP contribution in [-0.2, 0) is 4.79 Å². The summed E-state index contributed by atoms with van der Waals surface area (Å²) in [4.78, 5) is 37.1. The van der Waals surface area contributed by atoms with Gasteiger partial charge < -0.3 is 15.1 Å². The molecule has 0 aliphatic rings. The van der Waals surface area contributed by atoms with Gasteiger partial charge in [-0.25, -0.2) is 0 Å². The maximum atomic E-state index is 12.7. The maximum absolute atomic E-state index is 12.7. The number of benzene rings is 2. The first-order valence-electron chi connectivity index (χ1n) is 9.49. The van der Waals surface area contributed by atoms with Crippen LogP contribution in [0.4, 0.5) is 11.4 Å². The normalized spacial score (nSPS) is 11.5. The van der Waals surface area contributed by atoms with Gasteiger partial charge in [-0.15, -0.1) is 11.8 Å². The number of thioether (sulfide) groups is 1. The summed E-state index contributed by atoms with van der Waals surface area (Å²) >= 11 is 1.42. The summed E-state index contributed by atoms with van der Waals surface area (Å²) in [6.45, 7) is 3.45. The van der Waals surface area contributed by atoms with Gasteiger partial charge in [0.25, 0.3) is 5.91 Å². The van der Waals surface area contributed by atoms with E-state index in [-0.39, 0.29) is 28.6 Å². The summed E-state index contributed by atoms with van der Waals surface area (Å²) in [7, 11) is 0. The SMILES string of the molecule is CCC(Sc1cccc(NC(=O)c2ccco2)c1)C(=O)Nc1ccc(C(C)=O)cc1. The number of furan rings is 1. The van der Waals surface area contributed by atoms with E-state index in [0.717, 1.165) is 4.90 Å². The van der Waals surface area contributed by atoms with Gasteiger partial charge in [-0.3, -0.25) is 14.4 Å². The highest BCUT2D eigenvalue weighted by Crippen LogP contribution is 2.29. The van der Waals surface area contributed by atoms with E-state index in [1.54, 1.807) is 42.5 Å². The van der Waals surface area contributed by atoms with E-state index in [1.807, 2.05) is 25.1 Å². The highest BCUT2D eigenvalue weighted by molar-refractivity contribution is 8.00. The molecule has 0 saturated heterocycles. The third-order valence-corrected chi connectivity index (χ3v) is 5.70. The lowest BCUT2D eigenvalue weighted by molar-refractivity contribution is -0.115. The minimum absolute atomic E-state index is 0.0195. The second-order valence-electron chi connectivity index (χ2n) is 6.60. The molecule has 154 valence electrons. The van der Waals surface area contributed by atoms with Crippen molar-refractivity contribution in [3.63, 3.8) is 0 Å². The van der Waals surface area contributed by atoms with Crippen molar-refractivity contribution in [2.24, 2.45) is 0 Å². The van der Waals surface area contributed by atoms with Gasteiger partial charge in [0.05, 0.1) is 11.5 Å². The molecule has 7 heteroatoms. The van der Waals surface area contributed by atoms with Crippen molar-refractivity contribution in [2.45, 2.75) is 30.4 Å². The number of hydrogen-bond donors (Lipinski definition) is 2. The molecule has 3 aromatic rings. The van der Waals surface area contributed by atoms with Crippen molar-refractivity contribution >= 4 is 40.7 Å². The van der Waals surface area contributed by atoms with Gasteiger partial charge >= 0.3 is 0 Å². The summed E-state index contributed by atoms with van der Waals surface area (Å²) in [5.74, 6) is -0.243. The van der Waals surface area contributed by atoms with Crippen LogP contribution in [-0.4, -0.2) is 22.8 Å². The van der Waals surface area contributed by atoms with E-state index in [9.17, 15) is 14.4 Å². The largest absolute Gasteiger partial charge is 0.459 e. The van der Waals surface area contributed by atoms with Crippen molar-refractivity contribution in [1.82, 2.24) is 0 Å². The predicted molar refractivity (Wildman–Crippen MR) is 118 cm³/mol. The molecule has 2 amide bonds. The van der Waals surface area contributed by atoms with Crippen LogP contribution in [0.5, 0.6) is 0 Å². The van der Waals surface area contributed by atoms with Crippen LogP contribution in [0.25, 0.3) is 0 Å². The van der Waals surface area contributed by atoms with Crippen molar-refractivity contribution in [1.29, 1.82) is 0 Å². The van der Waals surface area contributed by atoms with E-state index in [0.29, 0.717) is 23.4 Å². The number of ketones is 1. The molecule has 0 fully saturated rings. The molecule has 2 aromatic carbocycles. The Balaban J connectivity index is 1.63. The van der Waals surface area contributed by atoms with Crippen LogP contribution >= 0.6 is 11.8 Å². The van der Waals surface area contributed by atoms with Crippen molar-refractivity contribution in [3.05, 3.63) is 78.3 Å². The van der Waals surface area contributed by atoms with Crippen molar-refractivity contribution < 1.29 is 18.8 Å². The molecular formula is C23H22N2O4S. The molecule has 0 radical (unpaired) electrons. The minimum Gasteiger partial charge on any atom is -0.459 e. The lowest BCUT2D eigenvalue weighted by atomic mass is 10.1. The lowest BCUT2D eigenvalue weighted by Crippen LogP contribution is -2.24. The average molecular weight is 423 g/mol. The Kier molecular flexibility index (Phi) is 7.08. The molecular weight excluding hydrogens is 400 g/mol. The number of hydrogen-bond acceptors (Lipinski definition) is 5. The Hall–Kier alpha value is -3.32. The van der Waals surface area contributed by atoms with Crippen LogP contribution in [0.1, 0.15) is 41.2 Å². The average Bonchev–Trinajstić information content (AvgIpc) is 3.28. The van der Waals surface area contributed by atoms with Gasteiger partial charge in [-0.05, 0) is 67.9 Å². The standard InChI is InChI=1S/C23H22N2O4S/c1-3-21(23(28)24-17-11-9-16(10-12-17)15(2)26)30-19-7-4-6-18(14-19)25-22(27)20-8-5-13-29-20/h4-14,21H,3H2,1-2H3,(H,24,28)(H,25,27). The van der Waals surface area contributed by atoms with E-state index < -0.39 is 0 Å². The monoisotopic (exact) mass is 422 g/mol. The smallest absolute Gasteiger partial charge is 0.291 e. The zero-order chi connectivity index (χ0) is 21.5. The molecule has 0 saturated carbocycles. The molecule has 1 aromatic heterocycles. The van der Waals surface area contributed by atoms with E-state index >= 15 is 0 Å². The Morgan fingerprint density at radius 1 is 0.967 bits per heavy atom.